The van der Waals surface area contributed by atoms with Gasteiger partial charge in [-0.1, -0.05) is 31.9 Å². The summed E-state index contributed by atoms with van der Waals surface area (Å²) >= 11 is 0. The molecule has 1 unspecified atom stereocenters. The van der Waals surface area contributed by atoms with Crippen LogP contribution in [0.2, 0.25) is 0 Å². The summed E-state index contributed by atoms with van der Waals surface area (Å²) in [4.78, 5) is 14.4. The number of amides is 2. The van der Waals surface area contributed by atoms with Gasteiger partial charge in [0, 0.05) is 13.1 Å². The van der Waals surface area contributed by atoms with Crippen LogP contribution in [-0.4, -0.2) is 36.9 Å². The zero-order valence-electron chi connectivity index (χ0n) is 13.3. The van der Waals surface area contributed by atoms with E-state index in [1.165, 1.54) is 25.7 Å². The summed E-state index contributed by atoms with van der Waals surface area (Å²) in [5.41, 5.74) is 1.91. The van der Waals surface area contributed by atoms with E-state index < -0.39 is 0 Å². The minimum absolute atomic E-state index is 0.0440. The Hall–Kier alpha value is -1.75. The van der Waals surface area contributed by atoms with Crippen LogP contribution in [0.15, 0.2) is 24.3 Å². The molecule has 0 aromatic heterocycles. The Morgan fingerprint density at radius 2 is 1.91 bits per heavy atom. The Labute approximate surface area is 132 Å². The second-order valence-corrected chi connectivity index (χ2v) is 5.80. The summed E-state index contributed by atoms with van der Waals surface area (Å²) < 4.78 is 0. The molecule has 0 bridgehead atoms. The van der Waals surface area contributed by atoms with Crippen molar-refractivity contribution in [3.8, 4) is 0 Å². The molecule has 2 amide bonds. The van der Waals surface area contributed by atoms with Crippen LogP contribution in [0, 0.1) is 0 Å². The number of anilines is 2. The first-order valence-corrected chi connectivity index (χ1v) is 8.27. The number of para-hydroxylation sites is 2. The minimum Gasteiger partial charge on any atom is -0.394 e. The van der Waals surface area contributed by atoms with Crippen molar-refractivity contribution in [2.24, 2.45) is 0 Å². The minimum atomic E-state index is -0.261. The first-order valence-electron chi connectivity index (χ1n) is 8.27. The summed E-state index contributed by atoms with van der Waals surface area (Å²) in [6, 6.07) is 7.46. The standard InChI is InChI=1S/C17H27N3O2/c1-2-14(13-21)18-17(22)19-15-9-5-6-10-16(15)20-11-7-3-4-8-12-20/h5-6,9-10,14,21H,2-4,7-8,11-13H2,1H3,(H2,18,19,22). The summed E-state index contributed by atoms with van der Waals surface area (Å²) in [7, 11) is 0. The summed E-state index contributed by atoms with van der Waals surface area (Å²) in [6.45, 7) is 3.97. The van der Waals surface area contributed by atoms with Gasteiger partial charge in [-0.15, -0.1) is 0 Å². The van der Waals surface area contributed by atoms with Crippen LogP contribution < -0.4 is 15.5 Å². The van der Waals surface area contributed by atoms with Crippen LogP contribution in [0.25, 0.3) is 0 Å². The van der Waals surface area contributed by atoms with Crippen molar-refractivity contribution in [1.82, 2.24) is 5.32 Å². The van der Waals surface area contributed by atoms with E-state index in [-0.39, 0.29) is 18.7 Å². The number of benzene rings is 1. The third-order valence-corrected chi connectivity index (χ3v) is 4.15. The lowest BCUT2D eigenvalue weighted by Gasteiger charge is -2.26. The molecule has 3 N–H and O–H groups in total. The summed E-state index contributed by atoms with van der Waals surface area (Å²) in [5.74, 6) is 0. The normalized spacial score (nSPS) is 16.7. The molecule has 0 radical (unpaired) electrons. The van der Waals surface area contributed by atoms with Gasteiger partial charge < -0.3 is 20.6 Å². The van der Waals surface area contributed by atoms with Gasteiger partial charge in [0.05, 0.1) is 24.0 Å². The molecule has 0 spiro atoms. The number of nitrogens with zero attached hydrogens (tertiary/aromatic N) is 1. The largest absolute Gasteiger partial charge is 0.394 e. The van der Waals surface area contributed by atoms with E-state index in [0.29, 0.717) is 6.42 Å². The topological polar surface area (TPSA) is 64.6 Å². The summed E-state index contributed by atoms with van der Waals surface area (Å²) in [5, 5.41) is 14.9. The van der Waals surface area contributed by atoms with Crippen molar-refractivity contribution in [1.29, 1.82) is 0 Å². The van der Waals surface area contributed by atoms with Gasteiger partial charge in [0.1, 0.15) is 0 Å². The fraction of sp³-hybridized carbons (Fsp3) is 0.588. The van der Waals surface area contributed by atoms with Gasteiger partial charge in [0.15, 0.2) is 0 Å². The van der Waals surface area contributed by atoms with Gasteiger partial charge >= 0.3 is 6.03 Å². The quantitative estimate of drug-likeness (QED) is 0.783. The van der Waals surface area contributed by atoms with Crippen LogP contribution in [0.1, 0.15) is 39.0 Å². The van der Waals surface area contributed by atoms with E-state index in [1.807, 2.05) is 25.1 Å². The van der Waals surface area contributed by atoms with Crippen LogP contribution in [0.4, 0.5) is 16.2 Å². The molecular weight excluding hydrogens is 278 g/mol. The molecule has 0 saturated carbocycles. The fourth-order valence-electron chi connectivity index (χ4n) is 2.79. The average Bonchev–Trinajstić information content (AvgIpc) is 2.82. The molecule has 1 atom stereocenters. The molecule has 1 aliphatic heterocycles. The number of aliphatic hydroxyl groups excluding tert-OH is 1. The molecule has 0 aliphatic carbocycles. The van der Waals surface area contributed by atoms with E-state index in [0.717, 1.165) is 24.5 Å². The van der Waals surface area contributed by atoms with Crippen molar-refractivity contribution in [3.05, 3.63) is 24.3 Å². The molecule has 5 heteroatoms. The average molecular weight is 305 g/mol. The van der Waals surface area contributed by atoms with Crippen molar-refractivity contribution < 1.29 is 9.90 Å². The SMILES string of the molecule is CCC(CO)NC(=O)Nc1ccccc1N1CCCCCC1. The van der Waals surface area contributed by atoms with Crippen LogP contribution in [0.5, 0.6) is 0 Å². The van der Waals surface area contributed by atoms with E-state index in [1.54, 1.807) is 0 Å². The van der Waals surface area contributed by atoms with Crippen molar-refractivity contribution >= 4 is 17.4 Å². The first-order chi connectivity index (χ1) is 10.7. The smallest absolute Gasteiger partial charge is 0.319 e. The lowest BCUT2D eigenvalue weighted by molar-refractivity contribution is 0.222. The Kier molecular flexibility index (Phi) is 6.52. The highest BCUT2D eigenvalue weighted by molar-refractivity contribution is 5.93. The lowest BCUT2D eigenvalue weighted by atomic mass is 10.2. The lowest BCUT2D eigenvalue weighted by Crippen LogP contribution is -2.40. The zero-order chi connectivity index (χ0) is 15.8. The van der Waals surface area contributed by atoms with Crippen molar-refractivity contribution in [3.63, 3.8) is 0 Å². The van der Waals surface area contributed by atoms with Gasteiger partial charge in [-0.25, -0.2) is 4.79 Å². The molecule has 5 nitrogen and oxygen atoms in total. The van der Waals surface area contributed by atoms with Gasteiger partial charge in [0.2, 0.25) is 0 Å². The first kappa shape index (κ1) is 16.6. The van der Waals surface area contributed by atoms with E-state index in [4.69, 9.17) is 0 Å². The number of rotatable bonds is 5. The van der Waals surface area contributed by atoms with Crippen LogP contribution in [0.3, 0.4) is 0 Å². The molecule has 1 aromatic carbocycles. The Morgan fingerprint density at radius 3 is 2.55 bits per heavy atom. The van der Waals surface area contributed by atoms with Gasteiger partial charge in [-0.3, -0.25) is 0 Å². The maximum atomic E-state index is 12.1. The molecule has 22 heavy (non-hydrogen) atoms. The molecule has 1 aromatic rings. The number of hydrogen-bond donors (Lipinski definition) is 3. The Bertz CT molecular complexity index is 467. The number of hydrogen-bond acceptors (Lipinski definition) is 3. The van der Waals surface area contributed by atoms with Gasteiger partial charge in [-0.2, -0.15) is 0 Å². The van der Waals surface area contributed by atoms with Gasteiger partial charge in [-0.05, 0) is 31.4 Å². The molecule has 1 aliphatic rings. The molecule has 1 heterocycles. The van der Waals surface area contributed by atoms with Gasteiger partial charge in [0.25, 0.3) is 0 Å². The van der Waals surface area contributed by atoms with Crippen molar-refractivity contribution in [2.45, 2.75) is 45.1 Å². The fourth-order valence-corrected chi connectivity index (χ4v) is 2.79. The Balaban J connectivity index is 2.05. The maximum Gasteiger partial charge on any atom is 0.319 e. The third-order valence-electron chi connectivity index (χ3n) is 4.15. The number of carbonyl (C=O) groups excluding carboxylic acids is 1. The monoisotopic (exact) mass is 305 g/mol. The third kappa shape index (κ3) is 4.63. The van der Waals surface area contributed by atoms with Crippen LogP contribution in [-0.2, 0) is 0 Å². The second kappa shape index (κ2) is 8.63. The second-order valence-electron chi connectivity index (χ2n) is 5.80. The molecule has 1 fully saturated rings. The number of nitrogens with one attached hydrogen (secondary N) is 2. The van der Waals surface area contributed by atoms with E-state index in [9.17, 15) is 9.90 Å². The number of carbonyl (C=O) groups is 1. The highest BCUT2D eigenvalue weighted by Gasteiger charge is 2.15. The molecule has 2 rings (SSSR count). The van der Waals surface area contributed by atoms with E-state index >= 15 is 0 Å². The van der Waals surface area contributed by atoms with Crippen molar-refractivity contribution in [2.75, 3.05) is 29.9 Å². The molecular formula is C17H27N3O2. The predicted molar refractivity (Wildman–Crippen MR) is 90.4 cm³/mol. The highest BCUT2D eigenvalue weighted by atomic mass is 16.3. The number of urea groups is 1. The summed E-state index contributed by atoms with van der Waals surface area (Å²) in [6.07, 6.45) is 5.66. The number of aliphatic hydroxyl groups is 1. The molecule has 1 saturated heterocycles. The van der Waals surface area contributed by atoms with E-state index in [2.05, 4.69) is 21.6 Å². The zero-order valence-corrected chi connectivity index (χ0v) is 13.3. The predicted octanol–water partition coefficient (Wildman–Crippen LogP) is 2.96. The Morgan fingerprint density at radius 1 is 1.23 bits per heavy atom. The highest BCUT2D eigenvalue weighted by Crippen LogP contribution is 2.27. The maximum absolute atomic E-state index is 12.1. The van der Waals surface area contributed by atoms with Crippen LogP contribution >= 0.6 is 0 Å². The molecule has 122 valence electrons.